The summed E-state index contributed by atoms with van der Waals surface area (Å²) < 4.78 is 7.91. The highest BCUT2D eigenvalue weighted by Crippen LogP contribution is 2.38. The van der Waals surface area contributed by atoms with Crippen molar-refractivity contribution in [2.24, 2.45) is 0 Å². The summed E-state index contributed by atoms with van der Waals surface area (Å²) in [5, 5.41) is 2.40. The molecule has 0 unspecified atom stereocenters. The van der Waals surface area contributed by atoms with Crippen LogP contribution in [-0.4, -0.2) is 40.9 Å². The number of Topliss-reactive ketones (excluding diaryl/α,β-unsaturated/α-hetero) is 1. The second-order valence-corrected chi connectivity index (χ2v) is 7.79. The zero-order valence-corrected chi connectivity index (χ0v) is 16.2. The Balaban J connectivity index is 1.75. The van der Waals surface area contributed by atoms with E-state index in [2.05, 4.69) is 52.8 Å². The van der Waals surface area contributed by atoms with Crippen molar-refractivity contribution >= 4 is 27.6 Å². The first-order valence-electron chi connectivity index (χ1n) is 9.79. The lowest BCUT2D eigenvalue weighted by Gasteiger charge is -2.12. The van der Waals surface area contributed by atoms with Crippen LogP contribution in [0.5, 0.6) is 0 Å². The van der Waals surface area contributed by atoms with Gasteiger partial charge in [0, 0.05) is 45.9 Å². The van der Waals surface area contributed by atoms with Crippen LogP contribution in [-0.2, 0) is 13.0 Å². The Morgan fingerprint density at radius 1 is 1.14 bits per heavy atom. The van der Waals surface area contributed by atoms with E-state index in [9.17, 15) is 4.79 Å². The Morgan fingerprint density at radius 2 is 2.00 bits per heavy atom. The van der Waals surface area contributed by atoms with Gasteiger partial charge in [0.05, 0.1) is 6.20 Å². The van der Waals surface area contributed by atoms with Gasteiger partial charge in [0.15, 0.2) is 5.78 Å². The average molecular weight is 373 g/mol. The van der Waals surface area contributed by atoms with Gasteiger partial charge >= 0.3 is 0 Å². The van der Waals surface area contributed by atoms with E-state index >= 15 is 0 Å². The Bertz CT molecular complexity index is 1190. The maximum absolute atomic E-state index is 12.3. The third kappa shape index (κ3) is 2.66. The van der Waals surface area contributed by atoms with Gasteiger partial charge in [0.2, 0.25) is 5.89 Å². The Hall–Kier alpha value is -2.92. The van der Waals surface area contributed by atoms with Crippen LogP contribution >= 0.6 is 0 Å². The molecule has 0 saturated heterocycles. The number of aromatic nitrogens is 2. The smallest absolute Gasteiger partial charge is 0.225 e. The van der Waals surface area contributed by atoms with Crippen LogP contribution in [0.1, 0.15) is 28.8 Å². The number of aryl methyl sites for hydroxylation is 2. The topological polar surface area (TPSA) is 51.3 Å². The molecule has 0 bridgehead atoms. The summed E-state index contributed by atoms with van der Waals surface area (Å²) in [6.45, 7) is 1.99. The molecule has 5 heteroatoms. The van der Waals surface area contributed by atoms with Crippen LogP contribution in [0.3, 0.4) is 0 Å². The van der Waals surface area contributed by atoms with Crippen molar-refractivity contribution in [1.29, 1.82) is 0 Å². The molecule has 1 aliphatic rings. The molecule has 0 saturated carbocycles. The summed E-state index contributed by atoms with van der Waals surface area (Å²) in [5.41, 5.74) is 5.47. The second kappa shape index (κ2) is 6.60. The molecule has 0 radical (unpaired) electrons. The predicted molar refractivity (Wildman–Crippen MR) is 111 cm³/mol. The fourth-order valence-electron chi connectivity index (χ4n) is 4.44. The van der Waals surface area contributed by atoms with Crippen LogP contribution in [0, 0.1) is 0 Å². The van der Waals surface area contributed by atoms with Gasteiger partial charge in [-0.15, -0.1) is 0 Å². The normalized spacial score (nSPS) is 13.9. The molecular weight excluding hydrogens is 350 g/mol. The molecule has 28 heavy (non-hydrogen) atoms. The minimum Gasteiger partial charge on any atom is -0.445 e. The SMILES string of the molecule is CN(C)CCCn1c2ccc(-c3ncco3)cc2c2c3c(ccc21)C(=O)CC3. The number of carbonyl (C=O) groups excluding carboxylic acids is 1. The maximum atomic E-state index is 12.3. The van der Waals surface area contributed by atoms with Gasteiger partial charge in [0.25, 0.3) is 0 Å². The number of fused-ring (bicyclic) bond motifs is 5. The fourth-order valence-corrected chi connectivity index (χ4v) is 4.44. The van der Waals surface area contributed by atoms with Crippen molar-refractivity contribution in [3.8, 4) is 11.5 Å². The molecule has 2 heterocycles. The first-order chi connectivity index (χ1) is 13.6. The quantitative estimate of drug-likeness (QED) is 0.516. The summed E-state index contributed by atoms with van der Waals surface area (Å²) in [5.74, 6) is 0.883. The Kier molecular flexibility index (Phi) is 4.05. The minimum atomic E-state index is 0.259. The number of rotatable bonds is 5. The number of hydrogen-bond donors (Lipinski definition) is 0. The van der Waals surface area contributed by atoms with Gasteiger partial charge < -0.3 is 13.9 Å². The largest absolute Gasteiger partial charge is 0.445 e. The summed E-state index contributed by atoms with van der Waals surface area (Å²) in [6.07, 6.45) is 5.77. The number of ketones is 1. The van der Waals surface area contributed by atoms with Crippen LogP contribution in [0.4, 0.5) is 0 Å². The van der Waals surface area contributed by atoms with Crippen LogP contribution in [0.25, 0.3) is 33.3 Å². The first kappa shape index (κ1) is 17.2. The summed E-state index contributed by atoms with van der Waals surface area (Å²) >= 11 is 0. The maximum Gasteiger partial charge on any atom is 0.225 e. The van der Waals surface area contributed by atoms with Gasteiger partial charge in [0.1, 0.15) is 6.26 Å². The lowest BCUT2D eigenvalue weighted by Crippen LogP contribution is -2.15. The third-order valence-corrected chi connectivity index (χ3v) is 5.71. The standard InChI is InChI=1S/C23H23N3O2/c1-25(2)11-3-12-26-19-7-4-15(23-24-10-13-28-23)14-18(19)22-17-6-9-21(27)16(17)5-8-20(22)26/h4-5,7-8,10,13-14H,3,6,9,11-12H2,1-2H3. The van der Waals surface area contributed by atoms with Crippen LogP contribution in [0.2, 0.25) is 0 Å². The van der Waals surface area contributed by atoms with E-state index in [0.29, 0.717) is 12.3 Å². The minimum absolute atomic E-state index is 0.259. The molecule has 4 aromatic rings. The van der Waals surface area contributed by atoms with Crippen molar-refractivity contribution < 1.29 is 9.21 Å². The average Bonchev–Trinajstić information content (AvgIpc) is 3.40. The number of carbonyl (C=O) groups is 1. The fraction of sp³-hybridized carbons (Fsp3) is 0.304. The highest BCUT2D eigenvalue weighted by Gasteiger charge is 2.25. The van der Waals surface area contributed by atoms with Gasteiger partial charge in [-0.3, -0.25) is 4.79 Å². The predicted octanol–water partition coefficient (Wildman–Crippen LogP) is 4.53. The second-order valence-electron chi connectivity index (χ2n) is 7.79. The zero-order chi connectivity index (χ0) is 19.3. The number of nitrogens with zero attached hydrogens (tertiary/aromatic N) is 3. The summed E-state index contributed by atoms with van der Waals surface area (Å²) in [4.78, 5) is 18.8. The zero-order valence-electron chi connectivity index (χ0n) is 16.2. The Morgan fingerprint density at radius 3 is 2.79 bits per heavy atom. The van der Waals surface area contributed by atoms with Crippen molar-refractivity contribution in [3.05, 3.63) is 53.9 Å². The highest BCUT2D eigenvalue weighted by molar-refractivity contribution is 6.15. The van der Waals surface area contributed by atoms with Crippen molar-refractivity contribution in [3.63, 3.8) is 0 Å². The van der Waals surface area contributed by atoms with Gasteiger partial charge in [-0.05, 0) is 69.4 Å². The molecule has 0 fully saturated rings. The van der Waals surface area contributed by atoms with Crippen molar-refractivity contribution in [2.75, 3.05) is 20.6 Å². The van der Waals surface area contributed by atoms with E-state index < -0.39 is 0 Å². The molecule has 0 atom stereocenters. The molecule has 0 spiro atoms. The van der Waals surface area contributed by atoms with E-state index in [4.69, 9.17) is 4.42 Å². The van der Waals surface area contributed by atoms with Gasteiger partial charge in [-0.2, -0.15) is 0 Å². The van der Waals surface area contributed by atoms with Gasteiger partial charge in [-0.1, -0.05) is 0 Å². The molecule has 5 rings (SSSR count). The molecule has 142 valence electrons. The molecule has 0 amide bonds. The van der Waals surface area contributed by atoms with E-state index in [0.717, 1.165) is 37.1 Å². The molecule has 2 aromatic heterocycles. The third-order valence-electron chi connectivity index (χ3n) is 5.71. The molecule has 1 aliphatic carbocycles. The summed E-state index contributed by atoms with van der Waals surface area (Å²) in [7, 11) is 4.21. The first-order valence-corrected chi connectivity index (χ1v) is 9.79. The molecular formula is C23H23N3O2. The monoisotopic (exact) mass is 373 g/mol. The number of oxazole rings is 1. The van der Waals surface area contributed by atoms with E-state index in [1.807, 2.05) is 6.07 Å². The molecule has 2 aromatic carbocycles. The van der Waals surface area contributed by atoms with Crippen LogP contribution in [0.15, 0.2) is 47.2 Å². The molecule has 0 aliphatic heterocycles. The van der Waals surface area contributed by atoms with E-state index in [1.54, 1.807) is 12.5 Å². The summed E-state index contributed by atoms with van der Waals surface area (Å²) in [6, 6.07) is 10.5. The molecule has 0 N–H and O–H groups in total. The van der Waals surface area contributed by atoms with E-state index in [-0.39, 0.29) is 5.78 Å². The molecule has 5 nitrogen and oxygen atoms in total. The van der Waals surface area contributed by atoms with Crippen molar-refractivity contribution in [2.45, 2.75) is 25.8 Å². The van der Waals surface area contributed by atoms with Crippen molar-refractivity contribution in [1.82, 2.24) is 14.5 Å². The Labute approximate surface area is 163 Å². The lowest BCUT2D eigenvalue weighted by atomic mass is 10.0. The number of hydrogen-bond acceptors (Lipinski definition) is 4. The lowest BCUT2D eigenvalue weighted by molar-refractivity contribution is 0.0994. The van der Waals surface area contributed by atoms with Gasteiger partial charge in [-0.25, -0.2) is 4.98 Å². The van der Waals surface area contributed by atoms with E-state index in [1.165, 1.54) is 27.4 Å². The number of benzene rings is 2. The highest BCUT2D eigenvalue weighted by atomic mass is 16.3. The van der Waals surface area contributed by atoms with Crippen LogP contribution < -0.4 is 0 Å².